The Morgan fingerprint density at radius 2 is 1.29 bits per heavy atom. The molecule has 9 heteroatoms. The van der Waals surface area contributed by atoms with E-state index in [1.54, 1.807) is 12.2 Å². The van der Waals surface area contributed by atoms with Gasteiger partial charge in [-0.1, -0.05) is 123 Å². The molecule has 9 nitrogen and oxygen atoms in total. The molecular formula is C40H72O9. The van der Waals surface area contributed by atoms with Crippen LogP contribution in [0.1, 0.15) is 168 Å². The van der Waals surface area contributed by atoms with Crippen LogP contribution in [-0.2, 0) is 23.9 Å². The zero-order valence-corrected chi connectivity index (χ0v) is 31.2. The summed E-state index contributed by atoms with van der Waals surface area (Å²) in [6, 6.07) is 0. The molecule has 0 aromatic rings. The van der Waals surface area contributed by atoms with Crippen molar-refractivity contribution in [1.82, 2.24) is 0 Å². The second-order valence-corrected chi connectivity index (χ2v) is 14.8. The van der Waals surface area contributed by atoms with Gasteiger partial charge in [0, 0.05) is 43.9 Å². The van der Waals surface area contributed by atoms with Gasteiger partial charge in [0.05, 0.1) is 24.9 Å². The Morgan fingerprint density at radius 1 is 0.735 bits per heavy atom. The van der Waals surface area contributed by atoms with Crippen LogP contribution in [0.5, 0.6) is 0 Å². The SMILES string of the molecule is CCCCC[C@H](O)/C=C/[C@@H]1[C@@H](CC(=O)CCCCC(=O)O[C@@H](CO)COC(=O)CCCCCCCCCCCCCC(C)C)[C@@H](O)C[C@H]1O. The van der Waals surface area contributed by atoms with E-state index in [1.807, 2.05) is 0 Å². The quantitative estimate of drug-likeness (QED) is 0.0328. The Bertz CT molecular complexity index is 889. The normalized spacial score (nSPS) is 20.6. The number of rotatable bonds is 31. The van der Waals surface area contributed by atoms with E-state index in [2.05, 4.69) is 20.8 Å². The van der Waals surface area contributed by atoms with Crippen LogP contribution in [0.3, 0.4) is 0 Å². The summed E-state index contributed by atoms with van der Waals surface area (Å²) in [4.78, 5) is 37.1. The summed E-state index contributed by atoms with van der Waals surface area (Å²) in [6.07, 6.45) is 20.5. The molecule has 0 amide bonds. The van der Waals surface area contributed by atoms with Gasteiger partial charge in [0.1, 0.15) is 12.4 Å². The second-order valence-electron chi connectivity index (χ2n) is 14.8. The van der Waals surface area contributed by atoms with Crippen LogP contribution in [0.25, 0.3) is 0 Å². The van der Waals surface area contributed by atoms with Crippen molar-refractivity contribution in [3.05, 3.63) is 12.2 Å². The summed E-state index contributed by atoms with van der Waals surface area (Å²) in [5.74, 6) is -0.916. The lowest BCUT2D eigenvalue weighted by atomic mass is 9.87. The predicted molar refractivity (Wildman–Crippen MR) is 194 cm³/mol. The van der Waals surface area contributed by atoms with Crippen molar-refractivity contribution >= 4 is 17.7 Å². The molecule has 49 heavy (non-hydrogen) atoms. The van der Waals surface area contributed by atoms with Crippen molar-refractivity contribution in [1.29, 1.82) is 0 Å². The number of carbonyl (C=O) groups is 3. The first-order valence-electron chi connectivity index (χ1n) is 19.8. The molecule has 0 spiro atoms. The average Bonchev–Trinajstić information content (AvgIpc) is 3.32. The maximum absolute atomic E-state index is 12.7. The summed E-state index contributed by atoms with van der Waals surface area (Å²) in [7, 11) is 0. The summed E-state index contributed by atoms with van der Waals surface area (Å²) < 4.78 is 10.5. The van der Waals surface area contributed by atoms with Gasteiger partial charge in [-0.2, -0.15) is 0 Å². The van der Waals surface area contributed by atoms with Gasteiger partial charge in [0.15, 0.2) is 6.10 Å². The van der Waals surface area contributed by atoms with Crippen molar-refractivity contribution in [3.63, 3.8) is 0 Å². The van der Waals surface area contributed by atoms with Crippen LogP contribution >= 0.6 is 0 Å². The Morgan fingerprint density at radius 3 is 1.90 bits per heavy atom. The molecule has 0 saturated heterocycles. The maximum atomic E-state index is 12.7. The number of aliphatic hydroxyl groups excluding tert-OH is 4. The van der Waals surface area contributed by atoms with Crippen LogP contribution in [-0.4, -0.2) is 75.8 Å². The Kier molecular flexibility index (Phi) is 26.6. The van der Waals surface area contributed by atoms with E-state index < -0.39 is 48.8 Å². The summed E-state index contributed by atoms with van der Waals surface area (Å²) in [5, 5.41) is 40.7. The minimum Gasteiger partial charge on any atom is -0.462 e. The Labute approximate surface area is 297 Å². The zero-order chi connectivity index (χ0) is 36.3. The Balaban J connectivity index is 2.15. The predicted octanol–water partition coefficient (Wildman–Crippen LogP) is 7.54. The molecule has 0 aliphatic heterocycles. The van der Waals surface area contributed by atoms with E-state index in [1.165, 1.54) is 57.8 Å². The van der Waals surface area contributed by atoms with E-state index in [4.69, 9.17) is 9.47 Å². The molecule has 0 unspecified atom stereocenters. The van der Waals surface area contributed by atoms with Crippen LogP contribution in [0, 0.1) is 17.8 Å². The molecule has 6 atom stereocenters. The van der Waals surface area contributed by atoms with E-state index in [0.29, 0.717) is 25.7 Å². The van der Waals surface area contributed by atoms with Gasteiger partial charge in [0.2, 0.25) is 0 Å². The summed E-state index contributed by atoms with van der Waals surface area (Å²) in [5.41, 5.74) is 0. The van der Waals surface area contributed by atoms with E-state index in [9.17, 15) is 34.8 Å². The highest BCUT2D eigenvalue weighted by atomic mass is 16.6. The topological polar surface area (TPSA) is 151 Å². The standard InChI is InChI=1S/C40H72O9/c1-4-5-15-21-32(42)25-26-35-36(38(45)28-37(35)44)27-33(43)22-18-19-24-40(47)49-34(29-41)30-48-39(46)23-17-14-12-10-8-6-7-9-11-13-16-20-31(2)3/h25-26,31-32,34-38,41-42,44-45H,4-24,27-30H2,1-3H3/b26-25+/t32-,34-,35+,36+,37+,38-/m0/s1. The van der Waals surface area contributed by atoms with E-state index >= 15 is 0 Å². The third-order valence-corrected chi connectivity index (χ3v) is 9.72. The minimum atomic E-state index is -0.918. The Hall–Kier alpha value is -1.81. The second kappa shape index (κ2) is 28.8. The highest BCUT2D eigenvalue weighted by Crippen LogP contribution is 2.36. The van der Waals surface area contributed by atoms with Crippen LogP contribution in [0.15, 0.2) is 12.2 Å². The molecule has 286 valence electrons. The molecule has 1 fully saturated rings. The van der Waals surface area contributed by atoms with Gasteiger partial charge in [-0.05, 0) is 31.6 Å². The van der Waals surface area contributed by atoms with Crippen molar-refractivity contribution < 1.29 is 44.3 Å². The first-order valence-corrected chi connectivity index (χ1v) is 19.8. The fourth-order valence-electron chi connectivity index (χ4n) is 6.62. The number of carbonyl (C=O) groups excluding carboxylic acids is 3. The molecule has 1 aliphatic carbocycles. The minimum absolute atomic E-state index is 0.0492. The first-order chi connectivity index (χ1) is 23.6. The number of ether oxygens (including phenoxy) is 2. The van der Waals surface area contributed by atoms with Gasteiger partial charge in [-0.3, -0.25) is 14.4 Å². The molecule has 0 bridgehead atoms. The highest BCUT2D eigenvalue weighted by molar-refractivity contribution is 5.79. The molecular weight excluding hydrogens is 624 g/mol. The molecule has 0 aromatic heterocycles. The van der Waals surface area contributed by atoms with Crippen molar-refractivity contribution in [2.45, 2.75) is 193 Å². The third-order valence-electron chi connectivity index (χ3n) is 9.72. The fraction of sp³-hybridized carbons (Fsp3) is 0.875. The lowest BCUT2D eigenvalue weighted by Crippen LogP contribution is -2.28. The molecule has 1 rings (SSSR count). The molecule has 0 heterocycles. The largest absolute Gasteiger partial charge is 0.462 e. The smallest absolute Gasteiger partial charge is 0.306 e. The fourth-order valence-corrected chi connectivity index (χ4v) is 6.62. The maximum Gasteiger partial charge on any atom is 0.306 e. The van der Waals surface area contributed by atoms with Gasteiger partial charge in [-0.25, -0.2) is 0 Å². The highest BCUT2D eigenvalue weighted by Gasteiger charge is 2.41. The lowest BCUT2D eigenvalue weighted by molar-refractivity contribution is -0.161. The van der Waals surface area contributed by atoms with Gasteiger partial charge < -0.3 is 29.9 Å². The van der Waals surface area contributed by atoms with Gasteiger partial charge in [0.25, 0.3) is 0 Å². The van der Waals surface area contributed by atoms with E-state index in [-0.39, 0.29) is 44.0 Å². The number of esters is 2. The molecule has 4 N–H and O–H groups in total. The number of Topliss-reactive ketones (excluding diaryl/α,β-unsaturated/α-hetero) is 1. The summed E-state index contributed by atoms with van der Waals surface area (Å²) >= 11 is 0. The monoisotopic (exact) mass is 697 g/mol. The number of hydrogen-bond donors (Lipinski definition) is 4. The number of ketones is 1. The van der Waals surface area contributed by atoms with Crippen LogP contribution in [0.4, 0.5) is 0 Å². The molecule has 0 aromatic carbocycles. The molecule has 1 aliphatic rings. The molecule has 0 radical (unpaired) electrons. The number of unbranched alkanes of at least 4 members (excludes halogenated alkanes) is 13. The zero-order valence-electron chi connectivity index (χ0n) is 31.2. The van der Waals surface area contributed by atoms with Crippen molar-refractivity contribution in [2.75, 3.05) is 13.2 Å². The van der Waals surface area contributed by atoms with Gasteiger partial charge in [-0.15, -0.1) is 0 Å². The van der Waals surface area contributed by atoms with E-state index in [0.717, 1.165) is 44.4 Å². The molecule has 1 saturated carbocycles. The van der Waals surface area contributed by atoms with Crippen molar-refractivity contribution in [3.8, 4) is 0 Å². The summed E-state index contributed by atoms with van der Waals surface area (Å²) in [6.45, 7) is 6.04. The van der Waals surface area contributed by atoms with Gasteiger partial charge >= 0.3 is 11.9 Å². The van der Waals surface area contributed by atoms with Crippen LogP contribution in [0.2, 0.25) is 0 Å². The lowest BCUT2D eigenvalue weighted by Gasteiger charge is -2.20. The third kappa shape index (κ3) is 23.3. The number of hydrogen-bond acceptors (Lipinski definition) is 9. The average molecular weight is 697 g/mol. The van der Waals surface area contributed by atoms with Crippen molar-refractivity contribution in [2.24, 2.45) is 17.8 Å². The number of aliphatic hydroxyl groups is 4. The van der Waals surface area contributed by atoms with Crippen LogP contribution < -0.4 is 0 Å². The first kappa shape index (κ1) is 45.2.